The van der Waals surface area contributed by atoms with Crippen molar-refractivity contribution in [3.05, 3.63) is 46.9 Å². The van der Waals surface area contributed by atoms with Gasteiger partial charge in [-0.2, -0.15) is 0 Å². The average Bonchev–Trinajstić information content (AvgIpc) is 3.37. The van der Waals surface area contributed by atoms with E-state index in [1.54, 1.807) is 6.20 Å². The quantitative estimate of drug-likeness (QED) is 0.701. The van der Waals surface area contributed by atoms with Crippen molar-refractivity contribution < 1.29 is 4.79 Å². The number of hydrogen-bond acceptors (Lipinski definition) is 9. The van der Waals surface area contributed by atoms with E-state index in [9.17, 15) is 4.79 Å². The molecule has 144 valence electrons. The Hall–Kier alpha value is -3.01. The second-order valence-electron chi connectivity index (χ2n) is 6.45. The molecule has 1 fully saturated rings. The van der Waals surface area contributed by atoms with Gasteiger partial charge in [-0.3, -0.25) is 9.78 Å². The molecule has 0 unspecified atom stereocenters. The Balaban J connectivity index is 1.59. The molecule has 10 heteroatoms. The number of likely N-dealkylation sites (tertiary alicyclic amines) is 1. The lowest BCUT2D eigenvalue weighted by Gasteiger charge is -2.24. The molecule has 0 bridgehead atoms. The Morgan fingerprint density at radius 2 is 2.21 bits per heavy atom. The fourth-order valence-corrected chi connectivity index (χ4v) is 3.94. The van der Waals surface area contributed by atoms with Gasteiger partial charge in [0, 0.05) is 25.0 Å². The van der Waals surface area contributed by atoms with Gasteiger partial charge >= 0.3 is 0 Å². The van der Waals surface area contributed by atoms with Crippen LogP contribution in [0, 0.1) is 6.92 Å². The summed E-state index contributed by atoms with van der Waals surface area (Å²) in [5, 5.41) is 13.1. The first kappa shape index (κ1) is 18.4. The Morgan fingerprint density at radius 1 is 1.32 bits per heavy atom. The van der Waals surface area contributed by atoms with Crippen molar-refractivity contribution in [3.8, 4) is 0 Å². The summed E-state index contributed by atoms with van der Waals surface area (Å²) in [4.78, 5) is 31.9. The molecular formula is C18H20N8OS. The fourth-order valence-electron chi connectivity index (χ4n) is 3.26. The highest BCUT2D eigenvalue weighted by atomic mass is 32.1. The van der Waals surface area contributed by atoms with Crippen LogP contribution >= 0.6 is 11.3 Å². The molecule has 9 nitrogen and oxygen atoms in total. The van der Waals surface area contributed by atoms with E-state index in [1.165, 1.54) is 23.7 Å². The molecule has 1 atom stereocenters. The topological polar surface area (TPSA) is 110 Å². The molecule has 0 spiro atoms. The van der Waals surface area contributed by atoms with Crippen molar-refractivity contribution in [1.82, 2.24) is 35.0 Å². The normalized spacial score (nSPS) is 16.4. The van der Waals surface area contributed by atoms with E-state index in [0.717, 1.165) is 30.0 Å². The van der Waals surface area contributed by atoms with Crippen LogP contribution in [0.1, 0.15) is 52.8 Å². The minimum atomic E-state index is -0.127. The summed E-state index contributed by atoms with van der Waals surface area (Å²) in [5.74, 6) is 1.16. The smallest absolute Gasteiger partial charge is 0.274 e. The maximum absolute atomic E-state index is 12.9. The number of carbonyl (C=O) groups is 1. The third kappa shape index (κ3) is 3.81. The number of rotatable bonds is 5. The van der Waals surface area contributed by atoms with Crippen LogP contribution in [0.4, 0.5) is 10.9 Å². The predicted octanol–water partition coefficient (Wildman–Crippen LogP) is 2.71. The second-order valence-corrected chi connectivity index (χ2v) is 7.51. The fraction of sp³-hybridized carbons (Fsp3) is 0.389. The van der Waals surface area contributed by atoms with E-state index in [2.05, 4.69) is 35.5 Å². The van der Waals surface area contributed by atoms with Crippen molar-refractivity contribution in [2.45, 2.75) is 39.2 Å². The molecule has 1 aliphatic rings. The van der Waals surface area contributed by atoms with Gasteiger partial charge < -0.3 is 10.2 Å². The summed E-state index contributed by atoms with van der Waals surface area (Å²) >= 11 is 1.50. The molecule has 0 radical (unpaired) electrons. The molecular weight excluding hydrogens is 376 g/mol. The number of hydrogen-bond donors (Lipinski definition) is 1. The van der Waals surface area contributed by atoms with E-state index < -0.39 is 0 Å². The van der Waals surface area contributed by atoms with Gasteiger partial charge in [-0.25, -0.2) is 15.0 Å². The van der Waals surface area contributed by atoms with E-state index in [1.807, 2.05) is 24.8 Å². The Kier molecular flexibility index (Phi) is 5.20. The lowest BCUT2D eigenvalue weighted by Crippen LogP contribution is -2.31. The number of aryl methyl sites for hydroxylation is 2. The number of amides is 1. The predicted molar refractivity (Wildman–Crippen MR) is 104 cm³/mol. The number of aromatic nitrogens is 6. The summed E-state index contributed by atoms with van der Waals surface area (Å²) in [5.41, 5.74) is 1.16. The van der Waals surface area contributed by atoms with Crippen LogP contribution < -0.4 is 5.32 Å². The zero-order valence-corrected chi connectivity index (χ0v) is 16.5. The van der Waals surface area contributed by atoms with Gasteiger partial charge in [0.1, 0.15) is 22.3 Å². The SMILES string of the molecule is CCc1nnc(Nc2cc([C@H]3CCCN3C(=O)c3cnccn3)nc(C)n2)s1. The van der Waals surface area contributed by atoms with Crippen LogP contribution in [-0.4, -0.2) is 47.5 Å². The van der Waals surface area contributed by atoms with Crippen LogP contribution in [0.5, 0.6) is 0 Å². The van der Waals surface area contributed by atoms with E-state index in [4.69, 9.17) is 0 Å². The highest BCUT2D eigenvalue weighted by Gasteiger charge is 2.32. The molecule has 1 N–H and O–H groups in total. The largest absolute Gasteiger partial charge is 0.329 e. The maximum atomic E-state index is 12.9. The molecule has 0 saturated carbocycles. The molecule has 0 aromatic carbocycles. The highest BCUT2D eigenvalue weighted by Crippen LogP contribution is 2.33. The third-order valence-electron chi connectivity index (χ3n) is 4.50. The van der Waals surface area contributed by atoms with Crippen LogP contribution in [0.15, 0.2) is 24.7 Å². The van der Waals surface area contributed by atoms with Gasteiger partial charge in [-0.15, -0.1) is 10.2 Å². The first-order valence-corrected chi connectivity index (χ1v) is 9.97. The minimum Gasteiger partial charge on any atom is -0.329 e. The zero-order valence-electron chi connectivity index (χ0n) is 15.7. The monoisotopic (exact) mass is 396 g/mol. The molecule has 1 amide bonds. The summed E-state index contributed by atoms with van der Waals surface area (Å²) in [6, 6.07) is 1.77. The van der Waals surface area contributed by atoms with E-state index in [0.29, 0.717) is 29.0 Å². The molecule has 1 saturated heterocycles. The van der Waals surface area contributed by atoms with Crippen molar-refractivity contribution in [2.24, 2.45) is 0 Å². The number of anilines is 2. The summed E-state index contributed by atoms with van der Waals surface area (Å²) in [6.07, 6.45) is 7.19. The number of nitrogens with one attached hydrogen (secondary N) is 1. The van der Waals surface area contributed by atoms with E-state index in [-0.39, 0.29) is 11.9 Å². The summed E-state index contributed by atoms with van der Waals surface area (Å²) in [6.45, 7) is 4.55. The zero-order chi connectivity index (χ0) is 19.5. The third-order valence-corrected chi connectivity index (χ3v) is 5.48. The highest BCUT2D eigenvalue weighted by molar-refractivity contribution is 7.15. The van der Waals surface area contributed by atoms with Crippen molar-refractivity contribution in [3.63, 3.8) is 0 Å². The second kappa shape index (κ2) is 7.93. The lowest BCUT2D eigenvalue weighted by atomic mass is 10.1. The van der Waals surface area contributed by atoms with Crippen LogP contribution in [-0.2, 0) is 6.42 Å². The Labute approximate surface area is 166 Å². The van der Waals surface area contributed by atoms with Crippen molar-refractivity contribution in [2.75, 3.05) is 11.9 Å². The van der Waals surface area contributed by atoms with Crippen LogP contribution in [0.25, 0.3) is 0 Å². The number of nitrogens with zero attached hydrogens (tertiary/aromatic N) is 7. The molecule has 0 aliphatic carbocycles. The standard InChI is InChI=1S/C18H20N8OS/c1-3-16-24-25-18(28-16)23-15-9-12(21-11(2)22-15)14-5-4-8-26(14)17(27)13-10-19-6-7-20-13/h6-7,9-10,14H,3-5,8H2,1-2H3,(H,21,22,23,25)/t14-/m1/s1. The first-order chi connectivity index (χ1) is 13.6. The Bertz CT molecular complexity index is 977. The molecule has 1 aliphatic heterocycles. The Morgan fingerprint density at radius 3 is 2.96 bits per heavy atom. The van der Waals surface area contributed by atoms with Crippen molar-refractivity contribution in [1.29, 1.82) is 0 Å². The molecule has 28 heavy (non-hydrogen) atoms. The maximum Gasteiger partial charge on any atom is 0.274 e. The number of carbonyl (C=O) groups excluding carboxylic acids is 1. The van der Waals surface area contributed by atoms with Crippen molar-refractivity contribution >= 4 is 28.2 Å². The molecule has 4 rings (SSSR count). The molecule has 4 heterocycles. The molecule has 3 aromatic rings. The van der Waals surface area contributed by atoms with Crippen LogP contribution in [0.2, 0.25) is 0 Å². The minimum absolute atomic E-state index is 0.114. The van der Waals surface area contributed by atoms with Gasteiger partial charge in [0.25, 0.3) is 5.91 Å². The molecule has 3 aromatic heterocycles. The summed E-state index contributed by atoms with van der Waals surface area (Å²) in [7, 11) is 0. The lowest BCUT2D eigenvalue weighted by molar-refractivity contribution is 0.0726. The van der Waals surface area contributed by atoms with E-state index >= 15 is 0 Å². The van der Waals surface area contributed by atoms with Gasteiger partial charge in [-0.1, -0.05) is 18.3 Å². The first-order valence-electron chi connectivity index (χ1n) is 9.16. The summed E-state index contributed by atoms with van der Waals surface area (Å²) < 4.78 is 0. The van der Waals surface area contributed by atoms with Gasteiger partial charge in [0.05, 0.1) is 17.9 Å². The van der Waals surface area contributed by atoms with Gasteiger partial charge in [0.15, 0.2) is 0 Å². The van der Waals surface area contributed by atoms with Crippen LogP contribution in [0.3, 0.4) is 0 Å². The van der Waals surface area contributed by atoms with Gasteiger partial charge in [-0.05, 0) is 26.2 Å². The van der Waals surface area contributed by atoms with Gasteiger partial charge in [0.2, 0.25) is 5.13 Å². The average molecular weight is 396 g/mol.